The lowest BCUT2D eigenvalue weighted by molar-refractivity contribution is 0.103. The highest BCUT2D eigenvalue weighted by molar-refractivity contribution is 9.10. The van der Waals surface area contributed by atoms with Crippen LogP contribution in [-0.4, -0.2) is 5.78 Å². The molecule has 0 bridgehead atoms. The lowest BCUT2D eigenvalue weighted by Crippen LogP contribution is -2.06. The van der Waals surface area contributed by atoms with Crippen molar-refractivity contribution < 1.29 is 9.18 Å². The molecule has 0 N–H and O–H groups in total. The van der Waals surface area contributed by atoms with Crippen molar-refractivity contribution in [2.24, 2.45) is 0 Å². The Balaban J connectivity index is 2.66. The van der Waals surface area contributed by atoms with Crippen molar-refractivity contribution in [3.8, 4) is 0 Å². The summed E-state index contributed by atoms with van der Waals surface area (Å²) in [6.07, 6.45) is 0. The number of rotatable bonds is 2. The van der Waals surface area contributed by atoms with Crippen LogP contribution in [0.4, 0.5) is 4.39 Å². The van der Waals surface area contributed by atoms with E-state index in [1.165, 1.54) is 18.2 Å². The van der Waals surface area contributed by atoms with Gasteiger partial charge in [-0.25, -0.2) is 4.39 Å². The number of benzene rings is 2. The van der Waals surface area contributed by atoms with E-state index in [0.29, 0.717) is 4.47 Å². The standard InChI is InChI=1S/C13H4BrCl4FO/c14-5-1-2-9(19)6(3-5)13(20)10-7(15)4-8(16)11(17)12(10)18/h1-4H. The van der Waals surface area contributed by atoms with Gasteiger partial charge in [0.1, 0.15) is 5.82 Å². The molecule has 0 aromatic heterocycles. The number of hydrogen-bond donors (Lipinski definition) is 0. The lowest BCUT2D eigenvalue weighted by atomic mass is 10.0. The summed E-state index contributed by atoms with van der Waals surface area (Å²) >= 11 is 26.8. The van der Waals surface area contributed by atoms with Crippen molar-refractivity contribution in [3.63, 3.8) is 0 Å². The van der Waals surface area contributed by atoms with Crippen LogP contribution in [0.15, 0.2) is 28.7 Å². The smallest absolute Gasteiger partial charge is 0.199 e. The van der Waals surface area contributed by atoms with Crippen molar-refractivity contribution >= 4 is 68.1 Å². The molecule has 1 nitrogen and oxygen atoms in total. The maximum absolute atomic E-state index is 13.8. The van der Waals surface area contributed by atoms with E-state index in [1.54, 1.807) is 0 Å². The van der Waals surface area contributed by atoms with Gasteiger partial charge in [-0.2, -0.15) is 0 Å². The molecule has 0 unspecified atom stereocenters. The average molecular weight is 417 g/mol. The summed E-state index contributed by atoms with van der Waals surface area (Å²) in [5.41, 5.74) is -0.249. The fourth-order valence-corrected chi connectivity index (χ4v) is 3.03. The molecule has 7 heteroatoms. The van der Waals surface area contributed by atoms with E-state index in [0.717, 1.165) is 6.07 Å². The predicted octanol–water partition coefficient (Wildman–Crippen LogP) is 6.43. The summed E-state index contributed by atoms with van der Waals surface area (Å²) in [6, 6.07) is 5.27. The maximum Gasteiger partial charge on any atom is 0.199 e. The van der Waals surface area contributed by atoms with Gasteiger partial charge < -0.3 is 0 Å². The first-order valence-corrected chi connectivity index (χ1v) is 7.46. The van der Waals surface area contributed by atoms with Crippen LogP contribution in [0, 0.1) is 5.82 Å². The van der Waals surface area contributed by atoms with Crippen molar-refractivity contribution in [1.29, 1.82) is 0 Å². The average Bonchev–Trinajstić information content (AvgIpc) is 2.39. The van der Waals surface area contributed by atoms with E-state index in [4.69, 9.17) is 46.4 Å². The molecule has 2 aromatic carbocycles. The van der Waals surface area contributed by atoms with Gasteiger partial charge in [-0.15, -0.1) is 0 Å². The van der Waals surface area contributed by atoms with E-state index in [1.807, 2.05) is 0 Å². The van der Waals surface area contributed by atoms with Crippen molar-refractivity contribution in [2.75, 3.05) is 0 Å². The molecule has 2 rings (SSSR count). The van der Waals surface area contributed by atoms with Crippen LogP contribution in [0.2, 0.25) is 20.1 Å². The summed E-state index contributed by atoms with van der Waals surface area (Å²) in [5.74, 6) is -1.35. The highest BCUT2D eigenvalue weighted by Crippen LogP contribution is 2.38. The quantitative estimate of drug-likeness (QED) is 0.313. The zero-order valence-electron chi connectivity index (χ0n) is 9.49. The van der Waals surface area contributed by atoms with Crippen LogP contribution < -0.4 is 0 Å². The van der Waals surface area contributed by atoms with Gasteiger partial charge in [-0.1, -0.05) is 62.3 Å². The lowest BCUT2D eigenvalue weighted by Gasteiger charge is -2.10. The van der Waals surface area contributed by atoms with E-state index in [2.05, 4.69) is 15.9 Å². The Bertz CT molecular complexity index is 718. The normalized spacial score (nSPS) is 10.7. The summed E-state index contributed by atoms with van der Waals surface area (Å²) in [4.78, 5) is 12.4. The molecule has 0 saturated heterocycles. The molecule has 0 heterocycles. The third kappa shape index (κ3) is 2.97. The topological polar surface area (TPSA) is 17.1 Å². The van der Waals surface area contributed by atoms with Crippen LogP contribution in [0.3, 0.4) is 0 Å². The molecule has 0 fully saturated rings. The summed E-state index contributed by atoms with van der Waals surface area (Å²) in [6.45, 7) is 0. The molecule has 104 valence electrons. The van der Waals surface area contributed by atoms with Gasteiger partial charge in [-0.05, 0) is 24.3 Å². The van der Waals surface area contributed by atoms with Gasteiger partial charge in [0, 0.05) is 4.47 Å². The van der Waals surface area contributed by atoms with Gasteiger partial charge in [0.25, 0.3) is 0 Å². The van der Waals surface area contributed by atoms with E-state index in [9.17, 15) is 9.18 Å². The van der Waals surface area contributed by atoms with Crippen LogP contribution >= 0.6 is 62.3 Å². The van der Waals surface area contributed by atoms with Crippen molar-refractivity contribution in [3.05, 3.63) is 65.8 Å². The van der Waals surface area contributed by atoms with Crippen molar-refractivity contribution in [1.82, 2.24) is 0 Å². The second kappa shape index (κ2) is 6.20. The largest absolute Gasteiger partial charge is 0.288 e. The fourth-order valence-electron chi connectivity index (χ4n) is 1.58. The molecular weight excluding hydrogens is 413 g/mol. The molecule has 20 heavy (non-hydrogen) atoms. The molecule has 0 amide bonds. The molecule has 0 atom stereocenters. The molecule has 0 aliphatic carbocycles. The Labute approximate surface area is 142 Å². The molecule has 0 radical (unpaired) electrons. The molecule has 2 aromatic rings. The molecule has 0 spiro atoms. The first-order chi connectivity index (χ1) is 9.32. The minimum Gasteiger partial charge on any atom is -0.288 e. The fraction of sp³-hybridized carbons (Fsp3) is 0. The highest BCUT2D eigenvalue weighted by atomic mass is 79.9. The third-order valence-corrected chi connectivity index (χ3v) is 4.57. The van der Waals surface area contributed by atoms with E-state index < -0.39 is 11.6 Å². The minimum absolute atomic E-state index is 0.00325. The van der Waals surface area contributed by atoms with Gasteiger partial charge in [0.05, 0.1) is 31.2 Å². The Morgan fingerprint density at radius 2 is 1.65 bits per heavy atom. The van der Waals surface area contributed by atoms with Gasteiger partial charge in [0.15, 0.2) is 5.78 Å². The van der Waals surface area contributed by atoms with Gasteiger partial charge in [-0.3, -0.25) is 4.79 Å². The zero-order chi connectivity index (χ0) is 15.0. The Kier molecular flexibility index (Phi) is 4.98. The van der Waals surface area contributed by atoms with Gasteiger partial charge >= 0.3 is 0 Å². The van der Waals surface area contributed by atoms with Gasteiger partial charge in [0.2, 0.25) is 0 Å². The summed E-state index contributed by atoms with van der Waals surface area (Å²) in [5, 5.41) is 0.0201. The number of carbonyl (C=O) groups excluding carboxylic acids is 1. The number of ketones is 1. The summed E-state index contributed by atoms with van der Waals surface area (Å²) < 4.78 is 14.3. The maximum atomic E-state index is 13.8. The molecule has 0 aliphatic rings. The van der Waals surface area contributed by atoms with E-state index >= 15 is 0 Å². The number of carbonyl (C=O) groups is 1. The number of halogens is 6. The predicted molar refractivity (Wildman–Crippen MR) is 84.0 cm³/mol. The van der Waals surface area contributed by atoms with Crippen LogP contribution in [0.5, 0.6) is 0 Å². The van der Waals surface area contributed by atoms with Crippen molar-refractivity contribution in [2.45, 2.75) is 0 Å². The van der Waals surface area contributed by atoms with Crippen LogP contribution in [0.25, 0.3) is 0 Å². The first kappa shape index (κ1) is 16.1. The molecular formula is C13H4BrCl4FO. The Morgan fingerprint density at radius 1 is 1.00 bits per heavy atom. The second-order valence-electron chi connectivity index (χ2n) is 3.80. The number of hydrogen-bond acceptors (Lipinski definition) is 1. The van der Waals surface area contributed by atoms with Crippen LogP contribution in [-0.2, 0) is 0 Å². The Hall–Kier alpha value is -0.320. The SMILES string of the molecule is O=C(c1cc(Br)ccc1F)c1c(Cl)cc(Cl)c(Cl)c1Cl. The third-order valence-electron chi connectivity index (χ3n) is 2.51. The molecule has 0 saturated carbocycles. The van der Waals surface area contributed by atoms with Crippen LogP contribution in [0.1, 0.15) is 15.9 Å². The first-order valence-electron chi connectivity index (χ1n) is 5.15. The van der Waals surface area contributed by atoms with E-state index in [-0.39, 0.29) is 31.2 Å². The summed E-state index contributed by atoms with van der Waals surface area (Å²) in [7, 11) is 0. The zero-order valence-corrected chi connectivity index (χ0v) is 14.1. The molecule has 0 aliphatic heterocycles. The second-order valence-corrected chi connectivity index (χ2v) is 6.28. The Morgan fingerprint density at radius 3 is 2.30 bits per heavy atom. The highest BCUT2D eigenvalue weighted by Gasteiger charge is 2.23. The minimum atomic E-state index is -0.684. The monoisotopic (exact) mass is 414 g/mol.